The average Bonchev–Trinajstić information content (AvgIpc) is 2.49. The molecule has 112 valence electrons. The Kier molecular flexibility index (Phi) is 4.30. The average molecular weight is 281 g/mol. The van der Waals surface area contributed by atoms with Crippen molar-refractivity contribution < 1.29 is 0 Å². The van der Waals surface area contributed by atoms with Crippen LogP contribution in [0.15, 0.2) is 42.5 Å². The second kappa shape index (κ2) is 6.19. The molecular formula is C20H27N. The highest BCUT2D eigenvalue weighted by Crippen LogP contribution is 2.35. The van der Waals surface area contributed by atoms with E-state index in [2.05, 4.69) is 56.3 Å². The number of hydrogen-bond donors (Lipinski definition) is 1. The standard InChI is InChI=1S/C20H27N/c1-14(2)16-10-11-20(21)18(12-16)13-17-8-5-7-15-6-3-4-9-19(15)17/h3-9,14,16,18,20H,10-13,21H2,1-2H3. The molecule has 2 aromatic carbocycles. The SMILES string of the molecule is CC(C)C1CCC(N)C(Cc2cccc3ccccc23)C1. The Bertz CT molecular complexity index is 596. The number of fused-ring (bicyclic) bond motifs is 1. The molecule has 1 fully saturated rings. The molecule has 0 amide bonds. The first-order chi connectivity index (χ1) is 10.1. The predicted octanol–water partition coefficient (Wildman–Crippen LogP) is 4.78. The van der Waals surface area contributed by atoms with Crippen molar-refractivity contribution in [3.05, 3.63) is 48.0 Å². The van der Waals surface area contributed by atoms with Crippen molar-refractivity contribution in [2.75, 3.05) is 0 Å². The first-order valence-electron chi connectivity index (χ1n) is 8.37. The zero-order valence-corrected chi connectivity index (χ0v) is 13.3. The van der Waals surface area contributed by atoms with Gasteiger partial charge in [-0.15, -0.1) is 0 Å². The zero-order chi connectivity index (χ0) is 14.8. The van der Waals surface area contributed by atoms with Crippen LogP contribution in [0.3, 0.4) is 0 Å². The molecule has 1 aliphatic carbocycles. The Morgan fingerprint density at radius 1 is 1.05 bits per heavy atom. The van der Waals surface area contributed by atoms with Crippen LogP contribution < -0.4 is 5.73 Å². The fraction of sp³-hybridized carbons (Fsp3) is 0.500. The summed E-state index contributed by atoms with van der Waals surface area (Å²) < 4.78 is 0. The summed E-state index contributed by atoms with van der Waals surface area (Å²) >= 11 is 0. The summed E-state index contributed by atoms with van der Waals surface area (Å²) in [6.07, 6.45) is 4.93. The molecule has 1 aliphatic rings. The largest absolute Gasteiger partial charge is 0.327 e. The topological polar surface area (TPSA) is 26.0 Å². The molecule has 0 saturated heterocycles. The van der Waals surface area contributed by atoms with Crippen LogP contribution in [0.1, 0.15) is 38.7 Å². The van der Waals surface area contributed by atoms with Crippen molar-refractivity contribution in [1.29, 1.82) is 0 Å². The van der Waals surface area contributed by atoms with Gasteiger partial charge in [0.2, 0.25) is 0 Å². The fourth-order valence-corrected chi connectivity index (χ4v) is 3.92. The number of benzene rings is 2. The zero-order valence-electron chi connectivity index (χ0n) is 13.3. The van der Waals surface area contributed by atoms with E-state index < -0.39 is 0 Å². The molecule has 21 heavy (non-hydrogen) atoms. The van der Waals surface area contributed by atoms with Gasteiger partial charge in [0.15, 0.2) is 0 Å². The lowest BCUT2D eigenvalue weighted by atomic mass is 9.72. The van der Waals surface area contributed by atoms with Crippen LogP contribution in [-0.2, 0) is 6.42 Å². The molecule has 1 heteroatoms. The molecule has 1 nitrogen and oxygen atoms in total. The third-order valence-electron chi connectivity index (χ3n) is 5.39. The lowest BCUT2D eigenvalue weighted by Gasteiger charge is -2.36. The van der Waals surface area contributed by atoms with Gasteiger partial charge in [-0.25, -0.2) is 0 Å². The molecule has 3 rings (SSSR count). The van der Waals surface area contributed by atoms with Crippen molar-refractivity contribution >= 4 is 10.8 Å². The minimum Gasteiger partial charge on any atom is -0.327 e. The third kappa shape index (κ3) is 3.13. The van der Waals surface area contributed by atoms with Crippen molar-refractivity contribution in [3.63, 3.8) is 0 Å². The van der Waals surface area contributed by atoms with E-state index in [0.29, 0.717) is 12.0 Å². The molecule has 2 aromatic rings. The molecule has 0 bridgehead atoms. The van der Waals surface area contributed by atoms with E-state index >= 15 is 0 Å². The predicted molar refractivity (Wildman–Crippen MR) is 91.3 cm³/mol. The van der Waals surface area contributed by atoms with Crippen molar-refractivity contribution in [1.82, 2.24) is 0 Å². The maximum Gasteiger partial charge on any atom is 0.00705 e. The summed E-state index contributed by atoms with van der Waals surface area (Å²) in [5.74, 6) is 2.27. The molecule has 1 saturated carbocycles. The van der Waals surface area contributed by atoms with E-state index in [0.717, 1.165) is 18.3 Å². The molecule has 3 atom stereocenters. The van der Waals surface area contributed by atoms with Gasteiger partial charge in [0.05, 0.1) is 0 Å². The Balaban J connectivity index is 1.83. The molecule has 0 heterocycles. The van der Waals surface area contributed by atoms with E-state index in [1.807, 2.05) is 0 Å². The normalized spacial score (nSPS) is 26.4. The van der Waals surface area contributed by atoms with Crippen molar-refractivity contribution in [2.45, 2.75) is 45.6 Å². The second-order valence-electron chi connectivity index (χ2n) is 7.08. The highest BCUT2D eigenvalue weighted by molar-refractivity contribution is 5.85. The summed E-state index contributed by atoms with van der Waals surface area (Å²) in [5.41, 5.74) is 7.90. The van der Waals surface area contributed by atoms with Gasteiger partial charge in [0, 0.05) is 6.04 Å². The Morgan fingerprint density at radius 3 is 2.62 bits per heavy atom. The lowest BCUT2D eigenvalue weighted by Crippen LogP contribution is -2.38. The second-order valence-corrected chi connectivity index (χ2v) is 7.08. The summed E-state index contributed by atoms with van der Waals surface area (Å²) in [6, 6.07) is 15.8. The quantitative estimate of drug-likeness (QED) is 0.860. The monoisotopic (exact) mass is 281 g/mol. The van der Waals surface area contributed by atoms with Gasteiger partial charge in [-0.1, -0.05) is 56.3 Å². The first-order valence-corrected chi connectivity index (χ1v) is 8.37. The molecule has 2 N–H and O–H groups in total. The van der Waals surface area contributed by atoms with Crippen molar-refractivity contribution in [3.8, 4) is 0 Å². The van der Waals surface area contributed by atoms with Crippen LogP contribution in [0.4, 0.5) is 0 Å². The van der Waals surface area contributed by atoms with E-state index in [9.17, 15) is 0 Å². The van der Waals surface area contributed by atoms with Gasteiger partial charge in [0.25, 0.3) is 0 Å². The fourth-order valence-electron chi connectivity index (χ4n) is 3.92. The Labute approximate surface area is 128 Å². The van der Waals surface area contributed by atoms with Crippen LogP contribution in [0, 0.1) is 17.8 Å². The van der Waals surface area contributed by atoms with Gasteiger partial charge >= 0.3 is 0 Å². The van der Waals surface area contributed by atoms with Crippen LogP contribution in [0.5, 0.6) is 0 Å². The van der Waals surface area contributed by atoms with Crippen LogP contribution in [-0.4, -0.2) is 6.04 Å². The highest BCUT2D eigenvalue weighted by atomic mass is 14.7. The molecule has 0 spiro atoms. The summed E-state index contributed by atoms with van der Waals surface area (Å²) in [4.78, 5) is 0. The summed E-state index contributed by atoms with van der Waals surface area (Å²) in [7, 11) is 0. The van der Waals surface area contributed by atoms with Gasteiger partial charge < -0.3 is 5.73 Å². The number of rotatable bonds is 3. The molecular weight excluding hydrogens is 254 g/mol. The van der Waals surface area contributed by atoms with Crippen LogP contribution in [0.2, 0.25) is 0 Å². The van der Waals surface area contributed by atoms with Gasteiger partial charge in [0.1, 0.15) is 0 Å². The Hall–Kier alpha value is -1.34. The Morgan fingerprint density at radius 2 is 1.81 bits per heavy atom. The van der Waals surface area contributed by atoms with E-state index in [4.69, 9.17) is 5.73 Å². The smallest absolute Gasteiger partial charge is 0.00705 e. The summed E-state index contributed by atoms with van der Waals surface area (Å²) in [6.45, 7) is 4.72. The van der Waals surface area contributed by atoms with Gasteiger partial charge in [-0.3, -0.25) is 0 Å². The van der Waals surface area contributed by atoms with E-state index in [-0.39, 0.29) is 0 Å². The number of nitrogens with two attached hydrogens (primary N) is 1. The van der Waals surface area contributed by atoms with Crippen LogP contribution >= 0.6 is 0 Å². The minimum absolute atomic E-state index is 0.374. The third-order valence-corrected chi connectivity index (χ3v) is 5.39. The molecule has 0 aliphatic heterocycles. The highest BCUT2D eigenvalue weighted by Gasteiger charge is 2.29. The summed E-state index contributed by atoms with van der Waals surface area (Å²) in [5, 5.41) is 2.75. The maximum absolute atomic E-state index is 6.43. The van der Waals surface area contributed by atoms with Crippen molar-refractivity contribution in [2.24, 2.45) is 23.5 Å². The van der Waals surface area contributed by atoms with Gasteiger partial charge in [-0.05, 0) is 59.8 Å². The molecule has 0 aromatic heterocycles. The maximum atomic E-state index is 6.43. The molecule has 0 radical (unpaired) electrons. The minimum atomic E-state index is 0.374. The molecule has 3 unspecified atom stereocenters. The first kappa shape index (κ1) is 14.6. The van der Waals surface area contributed by atoms with Gasteiger partial charge in [-0.2, -0.15) is 0 Å². The van der Waals surface area contributed by atoms with Crippen LogP contribution in [0.25, 0.3) is 10.8 Å². The van der Waals surface area contributed by atoms with E-state index in [1.54, 1.807) is 0 Å². The van der Waals surface area contributed by atoms with E-state index in [1.165, 1.54) is 35.6 Å². The number of hydrogen-bond acceptors (Lipinski definition) is 1. The lowest BCUT2D eigenvalue weighted by molar-refractivity contribution is 0.190.